The molecule has 17 heavy (non-hydrogen) atoms. The van der Waals surface area contributed by atoms with Crippen LogP contribution in [-0.4, -0.2) is 15.7 Å². The van der Waals surface area contributed by atoms with Crippen molar-refractivity contribution in [3.05, 3.63) is 40.4 Å². The summed E-state index contributed by atoms with van der Waals surface area (Å²) in [4.78, 5) is 10.9. The van der Waals surface area contributed by atoms with Gasteiger partial charge in [0.1, 0.15) is 5.82 Å². The lowest BCUT2D eigenvalue weighted by Crippen LogP contribution is -2.09. The molecule has 1 amide bonds. The zero-order chi connectivity index (χ0) is 12.6. The summed E-state index contributed by atoms with van der Waals surface area (Å²) in [6, 6.07) is 2.65. The van der Waals surface area contributed by atoms with E-state index in [0.29, 0.717) is 11.4 Å². The van der Waals surface area contributed by atoms with Gasteiger partial charge in [-0.25, -0.2) is 9.07 Å². The monoisotopic (exact) mass is 298 g/mol. The lowest BCUT2D eigenvalue weighted by atomic mass is 10.2. The number of nitrogen functional groups attached to an aromatic ring is 1. The van der Waals surface area contributed by atoms with Crippen LogP contribution in [0.3, 0.4) is 0 Å². The van der Waals surface area contributed by atoms with Crippen LogP contribution in [0, 0.1) is 5.82 Å². The van der Waals surface area contributed by atoms with Gasteiger partial charge in [0, 0.05) is 12.3 Å². The first-order chi connectivity index (χ1) is 7.99. The van der Waals surface area contributed by atoms with Crippen LogP contribution in [0.25, 0.3) is 5.69 Å². The fraction of sp³-hybridized carbons (Fsp3) is 0. The molecule has 0 atom stereocenters. The van der Waals surface area contributed by atoms with Gasteiger partial charge in [0.25, 0.3) is 5.91 Å². The van der Waals surface area contributed by atoms with Crippen molar-refractivity contribution in [1.29, 1.82) is 0 Å². The molecule has 0 aliphatic heterocycles. The van der Waals surface area contributed by atoms with Crippen molar-refractivity contribution in [1.82, 2.24) is 9.78 Å². The van der Waals surface area contributed by atoms with Crippen LogP contribution in [0.4, 0.5) is 10.1 Å². The molecular weight excluding hydrogens is 291 g/mol. The molecule has 1 aromatic heterocycles. The summed E-state index contributed by atoms with van der Waals surface area (Å²) >= 11 is 3.02. The molecule has 5 nitrogen and oxygen atoms in total. The third-order valence-electron chi connectivity index (χ3n) is 2.18. The number of hydrogen-bond donors (Lipinski definition) is 2. The van der Waals surface area contributed by atoms with E-state index in [1.54, 1.807) is 0 Å². The zero-order valence-electron chi connectivity index (χ0n) is 8.52. The largest absolute Gasteiger partial charge is 0.397 e. The van der Waals surface area contributed by atoms with Crippen LogP contribution in [-0.2, 0) is 0 Å². The number of nitrogens with zero attached hydrogens (tertiary/aromatic N) is 2. The standard InChI is InChI=1S/C10H8BrFN4O/c11-6-1-8(13)9(2-7(6)12)16-4-5(3-15-16)10(14)17/h1-4H,13H2,(H2,14,17). The molecule has 1 aromatic carbocycles. The van der Waals surface area contributed by atoms with Crippen molar-refractivity contribution in [3.63, 3.8) is 0 Å². The normalized spacial score (nSPS) is 10.5. The van der Waals surface area contributed by atoms with E-state index >= 15 is 0 Å². The van der Waals surface area contributed by atoms with Crippen molar-refractivity contribution >= 4 is 27.5 Å². The lowest BCUT2D eigenvalue weighted by molar-refractivity contribution is 0.100. The van der Waals surface area contributed by atoms with Gasteiger partial charge < -0.3 is 11.5 Å². The van der Waals surface area contributed by atoms with Gasteiger partial charge in [-0.15, -0.1) is 0 Å². The molecule has 2 rings (SSSR count). The number of halogens is 2. The van der Waals surface area contributed by atoms with Gasteiger partial charge in [-0.3, -0.25) is 4.79 Å². The molecule has 0 aliphatic carbocycles. The second-order valence-corrected chi connectivity index (χ2v) is 4.22. The predicted octanol–water partition coefficient (Wildman–Crippen LogP) is 1.45. The predicted molar refractivity (Wildman–Crippen MR) is 64.2 cm³/mol. The summed E-state index contributed by atoms with van der Waals surface area (Å²) < 4.78 is 14.9. The maximum Gasteiger partial charge on any atom is 0.251 e. The second kappa shape index (κ2) is 4.17. The molecule has 0 saturated heterocycles. The van der Waals surface area contributed by atoms with Crippen LogP contribution < -0.4 is 11.5 Å². The second-order valence-electron chi connectivity index (χ2n) is 3.36. The van der Waals surface area contributed by atoms with Gasteiger partial charge in [0.05, 0.1) is 27.6 Å². The highest BCUT2D eigenvalue weighted by molar-refractivity contribution is 9.10. The van der Waals surface area contributed by atoms with E-state index in [0.717, 1.165) is 0 Å². The molecule has 2 aromatic rings. The highest BCUT2D eigenvalue weighted by Gasteiger charge is 2.10. The molecule has 0 unspecified atom stereocenters. The Morgan fingerprint density at radius 1 is 1.47 bits per heavy atom. The number of primary amides is 1. The Labute approximate surface area is 104 Å². The van der Waals surface area contributed by atoms with Gasteiger partial charge in [-0.05, 0) is 22.0 Å². The van der Waals surface area contributed by atoms with E-state index in [1.807, 2.05) is 0 Å². The number of amides is 1. The fourth-order valence-electron chi connectivity index (χ4n) is 1.33. The molecule has 1 heterocycles. The summed E-state index contributed by atoms with van der Waals surface area (Å²) in [5, 5.41) is 3.89. The van der Waals surface area contributed by atoms with Crippen molar-refractivity contribution in [2.75, 3.05) is 5.73 Å². The Balaban J connectivity index is 2.52. The number of rotatable bonds is 2. The Kier molecular flexibility index (Phi) is 2.84. The molecule has 0 bridgehead atoms. The Morgan fingerprint density at radius 2 is 2.18 bits per heavy atom. The smallest absolute Gasteiger partial charge is 0.251 e. The summed E-state index contributed by atoms with van der Waals surface area (Å²) in [6.07, 6.45) is 2.68. The SMILES string of the molecule is NC(=O)c1cnn(-c2cc(F)c(Br)cc2N)c1. The van der Waals surface area contributed by atoms with Gasteiger partial charge in [0.15, 0.2) is 0 Å². The van der Waals surface area contributed by atoms with Crippen molar-refractivity contribution in [2.45, 2.75) is 0 Å². The average Bonchev–Trinajstić information content (AvgIpc) is 2.72. The van der Waals surface area contributed by atoms with Gasteiger partial charge in [-0.2, -0.15) is 5.10 Å². The van der Waals surface area contributed by atoms with Gasteiger partial charge in [-0.1, -0.05) is 0 Å². The number of carbonyl (C=O) groups excluding carboxylic acids is 1. The summed E-state index contributed by atoms with van der Waals surface area (Å²) in [5.74, 6) is -1.07. The Bertz CT molecular complexity index is 596. The molecule has 0 fully saturated rings. The Morgan fingerprint density at radius 3 is 2.76 bits per heavy atom. The fourth-order valence-corrected chi connectivity index (χ4v) is 1.69. The van der Waals surface area contributed by atoms with Crippen molar-refractivity contribution in [3.8, 4) is 5.69 Å². The van der Waals surface area contributed by atoms with Crippen LogP contribution in [0.2, 0.25) is 0 Å². The molecule has 0 saturated carbocycles. The minimum absolute atomic E-state index is 0.229. The van der Waals surface area contributed by atoms with Crippen LogP contribution >= 0.6 is 15.9 Å². The number of aromatic nitrogens is 2. The van der Waals surface area contributed by atoms with Crippen molar-refractivity contribution in [2.24, 2.45) is 5.73 Å². The van der Waals surface area contributed by atoms with Crippen molar-refractivity contribution < 1.29 is 9.18 Å². The number of nitrogens with two attached hydrogens (primary N) is 2. The average molecular weight is 299 g/mol. The third-order valence-corrected chi connectivity index (χ3v) is 2.79. The van der Waals surface area contributed by atoms with E-state index in [1.165, 1.54) is 29.2 Å². The quantitative estimate of drug-likeness (QED) is 0.823. The lowest BCUT2D eigenvalue weighted by Gasteiger charge is -2.06. The van der Waals surface area contributed by atoms with Crippen LogP contribution in [0.1, 0.15) is 10.4 Å². The third kappa shape index (κ3) is 2.14. The highest BCUT2D eigenvalue weighted by atomic mass is 79.9. The first-order valence-electron chi connectivity index (χ1n) is 4.58. The molecule has 7 heteroatoms. The summed E-state index contributed by atoms with van der Waals surface area (Å²) in [6.45, 7) is 0. The highest BCUT2D eigenvalue weighted by Crippen LogP contribution is 2.25. The zero-order valence-corrected chi connectivity index (χ0v) is 10.1. The maximum atomic E-state index is 13.4. The van der Waals surface area contributed by atoms with Gasteiger partial charge >= 0.3 is 0 Å². The first kappa shape index (κ1) is 11.6. The van der Waals surface area contributed by atoms with E-state index in [-0.39, 0.29) is 10.0 Å². The molecule has 0 spiro atoms. The summed E-state index contributed by atoms with van der Waals surface area (Å²) in [5.41, 5.74) is 11.7. The molecule has 4 N–H and O–H groups in total. The number of hydrogen-bond acceptors (Lipinski definition) is 3. The number of benzene rings is 1. The van der Waals surface area contributed by atoms with Gasteiger partial charge in [0.2, 0.25) is 0 Å². The number of anilines is 1. The molecule has 0 aliphatic rings. The van der Waals surface area contributed by atoms with Crippen LogP contribution in [0.15, 0.2) is 29.0 Å². The molecule has 0 radical (unpaired) electrons. The summed E-state index contributed by atoms with van der Waals surface area (Å²) in [7, 11) is 0. The van der Waals surface area contributed by atoms with E-state index in [9.17, 15) is 9.18 Å². The first-order valence-corrected chi connectivity index (χ1v) is 5.37. The van der Waals surface area contributed by atoms with Crippen LogP contribution in [0.5, 0.6) is 0 Å². The number of carbonyl (C=O) groups is 1. The van der Waals surface area contributed by atoms with E-state index in [2.05, 4.69) is 21.0 Å². The molecular formula is C10H8BrFN4O. The maximum absolute atomic E-state index is 13.4. The minimum Gasteiger partial charge on any atom is -0.397 e. The molecule has 88 valence electrons. The van der Waals surface area contributed by atoms with E-state index in [4.69, 9.17) is 11.5 Å². The van der Waals surface area contributed by atoms with E-state index < -0.39 is 11.7 Å². The topological polar surface area (TPSA) is 86.9 Å². The minimum atomic E-state index is -0.604. The Hall–Kier alpha value is -1.89.